The molecule has 0 spiro atoms. The third-order valence-corrected chi connectivity index (χ3v) is 4.90. The largest absolute Gasteiger partial charge is 0.497 e. The predicted octanol–water partition coefficient (Wildman–Crippen LogP) is 4.81. The standard InChI is InChI=1S/C21H19N3O3S/c1-25-16-6-4-14(5-7-16)19-13-28-21(24-19)15(11-22)12-23-18-9-8-17(26-2)10-20(18)27-3/h4-10,12-13,23H,1-3H3/b15-12+. The molecule has 0 radical (unpaired) electrons. The van der Waals surface area contributed by atoms with E-state index in [1.165, 1.54) is 11.3 Å². The van der Waals surface area contributed by atoms with Gasteiger partial charge in [-0.15, -0.1) is 11.3 Å². The van der Waals surface area contributed by atoms with E-state index >= 15 is 0 Å². The molecule has 0 saturated heterocycles. The number of nitrogens with one attached hydrogen (secondary N) is 1. The number of thiazole rings is 1. The maximum atomic E-state index is 9.55. The highest BCUT2D eigenvalue weighted by Crippen LogP contribution is 2.31. The number of methoxy groups -OCH3 is 3. The van der Waals surface area contributed by atoms with Crippen LogP contribution in [0.15, 0.2) is 54.0 Å². The second kappa shape index (κ2) is 8.93. The Labute approximate surface area is 167 Å². The third kappa shape index (κ3) is 4.24. The van der Waals surface area contributed by atoms with Crippen LogP contribution in [0, 0.1) is 11.3 Å². The summed E-state index contributed by atoms with van der Waals surface area (Å²) in [6.45, 7) is 0. The molecule has 3 rings (SSSR count). The fraction of sp³-hybridized carbons (Fsp3) is 0.143. The summed E-state index contributed by atoms with van der Waals surface area (Å²) in [6.07, 6.45) is 1.63. The summed E-state index contributed by atoms with van der Waals surface area (Å²) < 4.78 is 15.7. The van der Waals surface area contributed by atoms with Crippen molar-refractivity contribution >= 4 is 22.6 Å². The molecule has 28 heavy (non-hydrogen) atoms. The zero-order valence-electron chi connectivity index (χ0n) is 15.7. The number of rotatable bonds is 7. The van der Waals surface area contributed by atoms with Crippen LogP contribution in [-0.4, -0.2) is 26.3 Å². The van der Waals surface area contributed by atoms with Gasteiger partial charge in [0.25, 0.3) is 0 Å². The summed E-state index contributed by atoms with van der Waals surface area (Å²) in [4.78, 5) is 4.59. The molecular weight excluding hydrogens is 374 g/mol. The third-order valence-electron chi connectivity index (χ3n) is 4.02. The Hall–Kier alpha value is -3.50. The maximum absolute atomic E-state index is 9.55. The van der Waals surface area contributed by atoms with Crippen LogP contribution < -0.4 is 19.5 Å². The van der Waals surface area contributed by atoms with Gasteiger partial charge in [-0.1, -0.05) is 0 Å². The minimum atomic E-state index is 0.433. The van der Waals surface area contributed by atoms with Gasteiger partial charge < -0.3 is 19.5 Å². The summed E-state index contributed by atoms with van der Waals surface area (Å²) in [5.74, 6) is 2.09. The first kappa shape index (κ1) is 19.3. The van der Waals surface area contributed by atoms with Crippen LogP contribution in [0.3, 0.4) is 0 Å². The van der Waals surface area contributed by atoms with Crippen LogP contribution in [0.5, 0.6) is 17.2 Å². The molecule has 0 atom stereocenters. The van der Waals surface area contributed by atoms with Crippen LogP contribution in [-0.2, 0) is 0 Å². The van der Waals surface area contributed by atoms with Gasteiger partial charge in [-0.3, -0.25) is 0 Å². The second-order valence-electron chi connectivity index (χ2n) is 5.65. The van der Waals surface area contributed by atoms with Crippen LogP contribution in [0.4, 0.5) is 5.69 Å². The van der Waals surface area contributed by atoms with Crippen molar-refractivity contribution in [3.8, 4) is 34.6 Å². The Morgan fingerprint density at radius 2 is 1.75 bits per heavy atom. The van der Waals surface area contributed by atoms with E-state index in [-0.39, 0.29) is 0 Å². The highest BCUT2D eigenvalue weighted by atomic mass is 32.1. The normalized spacial score (nSPS) is 10.9. The van der Waals surface area contributed by atoms with Gasteiger partial charge in [-0.2, -0.15) is 5.26 Å². The van der Waals surface area contributed by atoms with Crippen LogP contribution in [0.2, 0.25) is 0 Å². The Bertz CT molecular complexity index is 1020. The quantitative estimate of drug-likeness (QED) is 0.581. The molecule has 7 heteroatoms. The molecule has 142 valence electrons. The highest BCUT2D eigenvalue weighted by Gasteiger charge is 2.10. The minimum Gasteiger partial charge on any atom is -0.497 e. The fourth-order valence-corrected chi connectivity index (χ4v) is 3.30. The van der Waals surface area contributed by atoms with Crippen molar-refractivity contribution < 1.29 is 14.2 Å². The van der Waals surface area contributed by atoms with Gasteiger partial charge in [-0.25, -0.2) is 4.98 Å². The van der Waals surface area contributed by atoms with Crippen molar-refractivity contribution in [1.29, 1.82) is 5.26 Å². The number of anilines is 1. The fourth-order valence-electron chi connectivity index (χ4n) is 2.50. The minimum absolute atomic E-state index is 0.433. The summed E-state index contributed by atoms with van der Waals surface area (Å²) in [5.41, 5.74) is 2.93. The monoisotopic (exact) mass is 393 g/mol. The summed E-state index contributed by atoms with van der Waals surface area (Å²) >= 11 is 1.41. The van der Waals surface area contributed by atoms with E-state index in [2.05, 4.69) is 16.4 Å². The SMILES string of the molecule is COc1ccc(-c2csc(/C(C#N)=C/Nc3ccc(OC)cc3OC)n2)cc1. The molecule has 6 nitrogen and oxygen atoms in total. The van der Waals surface area contributed by atoms with Gasteiger partial charge in [0.15, 0.2) is 0 Å². The number of aromatic nitrogens is 1. The van der Waals surface area contributed by atoms with E-state index in [4.69, 9.17) is 14.2 Å². The molecule has 0 unspecified atom stereocenters. The van der Waals surface area contributed by atoms with Crippen molar-refractivity contribution in [2.75, 3.05) is 26.6 Å². The lowest BCUT2D eigenvalue weighted by molar-refractivity contribution is 0.395. The second-order valence-corrected chi connectivity index (χ2v) is 6.50. The molecule has 0 aliphatic rings. The van der Waals surface area contributed by atoms with Gasteiger partial charge >= 0.3 is 0 Å². The number of hydrogen-bond donors (Lipinski definition) is 1. The molecule has 0 aliphatic heterocycles. The number of nitriles is 1. The lowest BCUT2D eigenvalue weighted by Crippen LogP contribution is -1.95. The Balaban J connectivity index is 1.82. The predicted molar refractivity (Wildman–Crippen MR) is 111 cm³/mol. The first-order valence-electron chi connectivity index (χ1n) is 8.37. The van der Waals surface area contributed by atoms with Gasteiger partial charge in [0, 0.05) is 23.2 Å². The maximum Gasteiger partial charge on any atom is 0.145 e. The highest BCUT2D eigenvalue weighted by molar-refractivity contribution is 7.11. The number of hydrogen-bond acceptors (Lipinski definition) is 7. The topological polar surface area (TPSA) is 76.4 Å². The van der Waals surface area contributed by atoms with Gasteiger partial charge in [-0.05, 0) is 36.4 Å². The van der Waals surface area contributed by atoms with Gasteiger partial charge in [0.05, 0.1) is 32.7 Å². The Morgan fingerprint density at radius 1 is 1.04 bits per heavy atom. The average molecular weight is 393 g/mol. The van der Waals surface area contributed by atoms with Crippen LogP contribution >= 0.6 is 11.3 Å². The molecular formula is C21H19N3O3S. The smallest absolute Gasteiger partial charge is 0.145 e. The van der Waals surface area contributed by atoms with E-state index in [1.807, 2.05) is 41.8 Å². The first-order valence-corrected chi connectivity index (χ1v) is 9.25. The van der Waals surface area contributed by atoms with Gasteiger partial charge in [0.1, 0.15) is 33.9 Å². The number of nitrogens with zero attached hydrogens (tertiary/aromatic N) is 2. The molecule has 3 aromatic rings. The number of ether oxygens (including phenoxy) is 3. The Morgan fingerprint density at radius 3 is 2.39 bits per heavy atom. The molecule has 0 bridgehead atoms. The Kier molecular flexibility index (Phi) is 6.14. The van der Waals surface area contributed by atoms with E-state index < -0.39 is 0 Å². The molecule has 1 aromatic heterocycles. The summed E-state index contributed by atoms with van der Waals surface area (Å²) in [6, 6.07) is 15.2. The number of allylic oxidation sites excluding steroid dienone is 1. The summed E-state index contributed by atoms with van der Waals surface area (Å²) in [7, 11) is 4.81. The van der Waals surface area contributed by atoms with E-state index in [1.54, 1.807) is 33.6 Å². The molecule has 1 heterocycles. The van der Waals surface area contributed by atoms with Gasteiger partial charge in [0.2, 0.25) is 0 Å². The zero-order valence-corrected chi connectivity index (χ0v) is 16.5. The molecule has 1 N–H and O–H groups in total. The molecule has 0 fully saturated rings. The van der Waals surface area contributed by atoms with Crippen molar-refractivity contribution in [3.63, 3.8) is 0 Å². The molecule has 2 aromatic carbocycles. The van der Waals surface area contributed by atoms with Crippen molar-refractivity contribution in [2.24, 2.45) is 0 Å². The van der Waals surface area contributed by atoms with E-state index in [9.17, 15) is 5.26 Å². The first-order chi connectivity index (χ1) is 13.7. The van der Waals surface area contributed by atoms with E-state index in [0.29, 0.717) is 22.1 Å². The zero-order chi connectivity index (χ0) is 19.9. The van der Waals surface area contributed by atoms with Crippen molar-refractivity contribution in [1.82, 2.24) is 4.98 Å². The molecule has 0 aliphatic carbocycles. The lowest BCUT2D eigenvalue weighted by Gasteiger charge is -2.10. The lowest BCUT2D eigenvalue weighted by atomic mass is 10.2. The average Bonchev–Trinajstić information content (AvgIpc) is 3.24. The van der Waals surface area contributed by atoms with Crippen molar-refractivity contribution in [2.45, 2.75) is 0 Å². The number of benzene rings is 2. The summed E-state index contributed by atoms with van der Waals surface area (Å²) in [5, 5.41) is 15.2. The molecule has 0 saturated carbocycles. The van der Waals surface area contributed by atoms with Crippen LogP contribution in [0.25, 0.3) is 16.8 Å². The van der Waals surface area contributed by atoms with E-state index in [0.717, 1.165) is 22.7 Å². The van der Waals surface area contributed by atoms with Crippen molar-refractivity contribution in [3.05, 3.63) is 59.1 Å². The molecule has 0 amide bonds. The van der Waals surface area contributed by atoms with Crippen LogP contribution in [0.1, 0.15) is 5.01 Å².